The zero-order valence-corrected chi connectivity index (χ0v) is 13.7. The Kier molecular flexibility index (Phi) is 5.72. The van der Waals surface area contributed by atoms with Crippen molar-refractivity contribution in [2.75, 3.05) is 11.9 Å². The summed E-state index contributed by atoms with van der Waals surface area (Å²) in [5.41, 5.74) is 2.22. The summed E-state index contributed by atoms with van der Waals surface area (Å²) in [6, 6.07) is 14.3. The van der Waals surface area contributed by atoms with Crippen LogP contribution in [0.5, 0.6) is 0 Å². The van der Waals surface area contributed by atoms with E-state index in [0.717, 1.165) is 16.5 Å². The average Bonchev–Trinajstić information content (AvgIpc) is 2.52. The molecule has 0 unspecified atom stereocenters. The van der Waals surface area contributed by atoms with Crippen molar-refractivity contribution < 1.29 is 14.3 Å². The summed E-state index contributed by atoms with van der Waals surface area (Å²) in [6.45, 7) is 1.72. The van der Waals surface area contributed by atoms with Gasteiger partial charge in [0, 0.05) is 10.2 Å². The van der Waals surface area contributed by atoms with Gasteiger partial charge in [-0.15, -0.1) is 0 Å². The number of carbonyl (C=O) groups excluding carboxylic acids is 2. The third-order valence-electron chi connectivity index (χ3n) is 3.04. The van der Waals surface area contributed by atoms with Crippen molar-refractivity contribution in [1.82, 2.24) is 0 Å². The Labute approximate surface area is 137 Å². The topological polar surface area (TPSA) is 55.4 Å². The molecule has 114 valence electrons. The minimum absolute atomic E-state index is 0.319. The van der Waals surface area contributed by atoms with Crippen LogP contribution in [0.2, 0.25) is 0 Å². The summed E-state index contributed by atoms with van der Waals surface area (Å²) in [5.74, 6) is -0.885. The quantitative estimate of drug-likeness (QED) is 0.823. The Morgan fingerprint density at radius 2 is 1.86 bits per heavy atom. The molecule has 0 atom stereocenters. The van der Waals surface area contributed by atoms with Gasteiger partial charge in [-0.1, -0.05) is 41.1 Å². The molecule has 4 nitrogen and oxygen atoms in total. The number of hydrogen-bond acceptors (Lipinski definition) is 3. The van der Waals surface area contributed by atoms with Gasteiger partial charge < -0.3 is 10.1 Å². The third kappa shape index (κ3) is 4.70. The van der Waals surface area contributed by atoms with E-state index in [4.69, 9.17) is 4.74 Å². The normalized spacial score (nSPS) is 10.1. The number of ether oxygens (including phenoxy) is 1. The SMILES string of the molecule is CCc1ccc(C(=O)OCC(=O)Nc2cccc(Br)c2)cc1. The molecule has 0 aliphatic heterocycles. The van der Waals surface area contributed by atoms with E-state index in [-0.39, 0.29) is 12.5 Å². The second-order valence-corrected chi connectivity index (χ2v) is 5.60. The van der Waals surface area contributed by atoms with E-state index in [1.54, 1.807) is 30.3 Å². The second kappa shape index (κ2) is 7.75. The van der Waals surface area contributed by atoms with Gasteiger partial charge in [0.2, 0.25) is 0 Å². The highest BCUT2D eigenvalue weighted by Gasteiger charge is 2.10. The van der Waals surface area contributed by atoms with E-state index in [1.165, 1.54) is 0 Å². The van der Waals surface area contributed by atoms with Crippen LogP contribution in [0.4, 0.5) is 5.69 Å². The van der Waals surface area contributed by atoms with Crippen LogP contribution in [0.3, 0.4) is 0 Å². The van der Waals surface area contributed by atoms with Gasteiger partial charge in [0.25, 0.3) is 5.91 Å². The first-order chi connectivity index (χ1) is 10.6. The zero-order chi connectivity index (χ0) is 15.9. The summed E-state index contributed by atoms with van der Waals surface area (Å²) in [4.78, 5) is 23.6. The van der Waals surface area contributed by atoms with Gasteiger partial charge in [-0.05, 0) is 42.3 Å². The maximum atomic E-state index is 11.8. The van der Waals surface area contributed by atoms with Gasteiger partial charge in [0.1, 0.15) is 0 Å². The minimum Gasteiger partial charge on any atom is -0.452 e. The highest BCUT2D eigenvalue weighted by Crippen LogP contribution is 2.15. The fraction of sp³-hybridized carbons (Fsp3) is 0.176. The molecular weight excluding hydrogens is 346 g/mol. The van der Waals surface area contributed by atoms with Crippen molar-refractivity contribution in [3.63, 3.8) is 0 Å². The number of anilines is 1. The molecule has 0 saturated carbocycles. The van der Waals surface area contributed by atoms with Crippen molar-refractivity contribution in [3.05, 3.63) is 64.1 Å². The van der Waals surface area contributed by atoms with Crippen molar-refractivity contribution >= 4 is 33.5 Å². The lowest BCUT2D eigenvalue weighted by atomic mass is 10.1. The number of amides is 1. The van der Waals surface area contributed by atoms with E-state index in [9.17, 15) is 9.59 Å². The summed E-state index contributed by atoms with van der Waals surface area (Å²) in [5, 5.41) is 2.66. The third-order valence-corrected chi connectivity index (χ3v) is 3.53. The van der Waals surface area contributed by atoms with Crippen molar-refractivity contribution in [3.8, 4) is 0 Å². The second-order valence-electron chi connectivity index (χ2n) is 4.69. The van der Waals surface area contributed by atoms with Crippen LogP contribution in [0.25, 0.3) is 0 Å². The van der Waals surface area contributed by atoms with E-state index in [0.29, 0.717) is 11.3 Å². The summed E-state index contributed by atoms with van der Waals surface area (Å²) in [7, 11) is 0. The fourth-order valence-electron chi connectivity index (χ4n) is 1.85. The molecule has 0 heterocycles. The van der Waals surface area contributed by atoms with Crippen LogP contribution in [0, 0.1) is 0 Å². The van der Waals surface area contributed by atoms with Gasteiger partial charge in [-0.25, -0.2) is 4.79 Å². The lowest BCUT2D eigenvalue weighted by Crippen LogP contribution is -2.20. The van der Waals surface area contributed by atoms with E-state index in [2.05, 4.69) is 21.2 Å². The molecule has 22 heavy (non-hydrogen) atoms. The summed E-state index contributed by atoms with van der Waals surface area (Å²) in [6.07, 6.45) is 0.907. The van der Waals surface area contributed by atoms with Gasteiger partial charge in [0.15, 0.2) is 6.61 Å². The maximum Gasteiger partial charge on any atom is 0.338 e. The predicted molar refractivity (Wildman–Crippen MR) is 88.9 cm³/mol. The lowest BCUT2D eigenvalue weighted by Gasteiger charge is -2.07. The van der Waals surface area contributed by atoms with Crippen LogP contribution in [0.15, 0.2) is 53.0 Å². The van der Waals surface area contributed by atoms with Gasteiger partial charge in [-0.2, -0.15) is 0 Å². The largest absolute Gasteiger partial charge is 0.452 e. The predicted octanol–water partition coefficient (Wildman–Crippen LogP) is 3.81. The Morgan fingerprint density at radius 3 is 2.50 bits per heavy atom. The molecule has 0 aromatic heterocycles. The molecule has 0 spiro atoms. The molecule has 0 fully saturated rings. The number of rotatable bonds is 5. The molecule has 0 aliphatic rings. The monoisotopic (exact) mass is 361 g/mol. The fourth-order valence-corrected chi connectivity index (χ4v) is 2.25. The van der Waals surface area contributed by atoms with E-state index >= 15 is 0 Å². The number of nitrogens with one attached hydrogen (secondary N) is 1. The average molecular weight is 362 g/mol. The van der Waals surface area contributed by atoms with Gasteiger partial charge in [0.05, 0.1) is 5.56 Å². The Hall–Kier alpha value is -2.14. The molecule has 0 radical (unpaired) electrons. The zero-order valence-electron chi connectivity index (χ0n) is 12.1. The lowest BCUT2D eigenvalue weighted by molar-refractivity contribution is -0.119. The van der Waals surface area contributed by atoms with E-state index in [1.807, 2.05) is 25.1 Å². The van der Waals surface area contributed by atoms with Crippen LogP contribution < -0.4 is 5.32 Å². The van der Waals surface area contributed by atoms with Crippen LogP contribution in [0.1, 0.15) is 22.8 Å². The number of hydrogen-bond donors (Lipinski definition) is 1. The first-order valence-corrected chi connectivity index (χ1v) is 7.69. The summed E-state index contributed by atoms with van der Waals surface area (Å²) >= 11 is 3.32. The van der Waals surface area contributed by atoms with Crippen molar-refractivity contribution in [2.24, 2.45) is 0 Å². The Bertz CT molecular complexity index is 668. The van der Waals surface area contributed by atoms with E-state index < -0.39 is 5.97 Å². The molecule has 2 rings (SSSR count). The van der Waals surface area contributed by atoms with Gasteiger partial charge in [-0.3, -0.25) is 4.79 Å². The minimum atomic E-state index is -0.507. The van der Waals surface area contributed by atoms with Gasteiger partial charge >= 0.3 is 5.97 Å². The highest BCUT2D eigenvalue weighted by atomic mass is 79.9. The molecular formula is C17H16BrNO3. The molecule has 5 heteroatoms. The Morgan fingerprint density at radius 1 is 1.14 bits per heavy atom. The molecule has 1 amide bonds. The molecule has 2 aromatic carbocycles. The Balaban J connectivity index is 1.86. The number of aryl methyl sites for hydroxylation is 1. The first kappa shape index (κ1) is 16.2. The number of benzene rings is 2. The molecule has 0 bridgehead atoms. The van der Waals surface area contributed by atoms with Crippen LogP contribution in [-0.4, -0.2) is 18.5 Å². The van der Waals surface area contributed by atoms with Crippen molar-refractivity contribution in [2.45, 2.75) is 13.3 Å². The number of carbonyl (C=O) groups is 2. The summed E-state index contributed by atoms with van der Waals surface area (Å²) < 4.78 is 5.86. The van der Waals surface area contributed by atoms with Crippen LogP contribution in [-0.2, 0) is 16.0 Å². The highest BCUT2D eigenvalue weighted by molar-refractivity contribution is 9.10. The number of halogens is 1. The molecule has 0 aliphatic carbocycles. The molecule has 2 aromatic rings. The molecule has 1 N–H and O–H groups in total. The van der Waals surface area contributed by atoms with Crippen LogP contribution >= 0.6 is 15.9 Å². The maximum absolute atomic E-state index is 11.8. The van der Waals surface area contributed by atoms with Crippen molar-refractivity contribution in [1.29, 1.82) is 0 Å². The molecule has 0 saturated heterocycles. The number of esters is 1. The standard InChI is InChI=1S/C17H16BrNO3/c1-2-12-6-8-13(9-7-12)17(21)22-11-16(20)19-15-5-3-4-14(18)10-15/h3-10H,2,11H2,1H3,(H,19,20). The smallest absolute Gasteiger partial charge is 0.338 e. The first-order valence-electron chi connectivity index (χ1n) is 6.90.